The first-order chi connectivity index (χ1) is 17.1. The molecule has 0 spiro atoms. The summed E-state index contributed by atoms with van der Waals surface area (Å²) in [5, 5.41) is 33.6. The number of nitrogens with zero attached hydrogens (tertiary/aromatic N) is 1. The molecule has 0 heterocycles. The van der Waals surface area contributed by atoms with Crippen molar-refractivity contribution in [3.8, 4) is 0 Å². The Balaban J connectivity index is 5.69. The molecule has 208 valence electrons. The van der Waals surface area contributed by atoms with Gasteiger partial charge in [0.25, 0.3) is 0 Å². The summed E-state index contributed by atoms with van der Waals surface area (Å²) in [6, 6.07) is -6.34. The summed E-state index contributed by atoms with van der Waals surface area (Å²) < 4.78 is 0. The number of nitrogens with two attached hydrogens (primary N) is 4. The summed E-state index contributed by atoms with van der Waals surface area (Å²) in [5.74, 6) is -8.75. The van der Waals surface area contributed by atoms with Crippen molar-refractivity contribution in [3.63, 3.8) is 0 Å². The number of carboxylic acid groups (broad SMARTS) is 3. The minimum Gasteiger partial charge on any atom is -0.481 e. The zero-order valence-electron chi connectivity index (χ0n) is 19.7. The lowest BCUT2D eigenvalue weighted by atomic mass is 10.1. The standard InChI is InChI=1S/C19H32N8O10/c20-8(6-13(29)30)15(33)27-11(7-14(31)32)17(35)25-9(2-1-5-24-19(22)23)16(34)26-10(18(36)37)3-4-12(21)28/h8-11H,1-7,20H2,(H2,21,28)(H,25,35)(H,26,34)(H,27,33)(H,29,30)(H,31,32)(H,36,37)(H4,22,23,24). The molecule has 0 aromatic rings. The molecule has 0 aromatic heterocycles. The van der Waals surface area contributed by atoms with Gasteiger partial charge in [-0.05, 0) is 19.3 Å². The summed E-state index contributed by atoms with van der Waals surface area (Å²) >= 11 is 0. The van der Waals surface area contributed by atoms with E-state index in [4.69, 9.17) is 33.1 Å². The van der Waals surface area contributed by atoms with E-state index in [0.717, 1.165) is 0 Å². The first-order valence-electron chi connectivity index (χ1n) is 10.8. The molecule has 18 heteroatoms. The number of carbonyl (C=O) groups is 7. The quantitative estimate of drug-likeness (QED) is 0.0450. The lowest BCUT2D eigenvalue weighted by Gasteiger charge is -2.24. The molecule has 4 atom stereocenters. The van der Waals surface area contributed by atoms with Crippen LogP contribution >= 0.6 is 0 Å². The average Bonchev–Trinajstić information content (AvgIpc) is 2.76. The molecule has 0 saturated heterocycles. The van der Waals surface area contributed by atoms with Crippen LogP contribution in [0.4, 0.5) is 0 Å². The van der Waals surface area contributed by atoms with Gasteiger partial charge in [0.05, 0.1) is 18.9 Å². The van der Waals surface area contributed by atoms with Crippen molar-refractivity contribution in [2.45, 2.75) is 62.7 Å². The topological polar surface area (TPSA) is 333 Å². The number of rotatable bonds is 18. The third-order valence-corrected chi connectivity index (χ3v) is 4.62. The monoisotopic (exact) mass is 532 g/mol. The molecule has 18 nitrogen and oxygen atoms in total. The van der Waals surface area contributed by atoms with Crippen molar-refractivity contribution in [2.24, 2.45) is 27.9 Å². The molecule has 0 aliphatic rings. The molecule has 0 rings (SSSR count). The first-order valence-corrected chi connectivity index (χ1v) is 10.8. The lowest BCUT2D eigenvalue weighted by Crippen LogP contribution is -2.57. The number of nitrogens with one attached hydrogen (secondary N) is 3. The third kappa shape index (κ3) is 14.5. The van der Waals surface area contributed by atoms with Gasteiger partial charge in [0.1, 0.15) is 18.1 Å². The molecule has 0 bridgehead atoms. The highest BCUT2D eigenvalue weighted by atomic mass is 16.4. The Hall–Kier alpha value is -4.48. The molecule has 0 aromatic carbocycles. The zero-order valence-corrected chi connectivity index (χ0v) is 19.7. The molecule has 4 amide bonds. The minimum atomic E-state index is -1.76. The van der Waals surface area contributed by atoms with Crippen LogP contribution in [0.3, 0.4) is 0 Å². The maximum absolute atomic E-state index is 12.8. The van der Waals surface area contributed by atoms with Crippen molar-refractivity contribution in [1.82, 2.24) is 16.0 Å². The van der Waals surface area contributed by atoms with Crippen molar-refractivity contribution < 1.29 is 48.9 Å². The van der Waals surface area contributed by atoms with Crippen LogP contribution < -0.4 is 38.9 Å². The maximum Gasteiger partial charge on any atom is 0.326 e. The molecule has 37 heavy (non-hydrogen) atoms. The van der Waals surface area contributed by atoms with Gasteiger partial charge in [0, 0.05) is 13.0 Å². The van der Waals surface area contributed by atoms with E-state index in [1.54, 1.807) is 0 Å². The molecule has 0 aliphatic carbocycles. The van der Waals surface area contributed by atoms with Crippen LogP contribution in [0, 0.1) is 0 Å². The van der Waals surface area contributed by atoms with Crippen LogP contribution in [0.25, 0.3) is 0 Å². The van der Waals surface area contributed by atoms with Gasteiger partial charge in [-0.25, -0.2) is 4.79 Å². The normalized spacial score (nSPS) is 13.6. The van der Waals surface area contributed by atoms with E-state index in [0.29, 0.717) is 0 Å². The van der Waals surface area contributed by atoms with E-state index in [1.807, 2.05) is 5.32 Å². The second-order valence-corrected chi connectivity index (χ2v) is 7.78. The second kappa shape index (κ2) is 16.2. The van der Waals surface area contributed by atoms with Gasteiger partial charge in [-0.15, -0.1) is 0 Å². The number of carbonyl (C=O) groups excluding carboxylic acids is 4. The predicted octanol–water partition coefficient (Wildman–Crippen LogP) is -4.88. The van der Waals surface area contributed by atoms with E-state index in [-0.39, 0.29) is 38.2 Å². The van der Waals surface area contributed by atoms with Crippen molar-refractivity contribution >= 4 is 47.5 Å². The molecule has 0 fully saturated rings. The van der Waals surface area contributed by atoms with Crippen molar-refractivity contribution in [1.29, 1.82) is 0 Å². The number of carboxylic acids is 3. The average molecular weight is 533 g/mol. The van der Waals surface area contributed by atoms with Gasteiger partial charge in [-0.2, -0.15) is 0 Å². The van der Waals surface area contributed by atoms with E-state index < -0.39 is 78.5 Å². The van der Waals surface area contributed by atoms with Crippen molar-refractivity contribution in [2.75, 3.05) is 6.54 Å². The number of aliphatic carboxylic acids is 3. The maximum atomic E-state index is 12.8. The largest absolute Gasteiger partial charge is 0.481 e. The lowest BCUT2D eigenvalue weighted by molar-refractivity contribution is -0.143. The highest BCUT2D eigenvalue weighted by Crippen LogP contribution is 2.05. The Morgan fingerprint density at radius 2 is 1.22 bits per heavy atom. The van der Waals surface area contributed by atoms with Gasteiger partial charge < -0.3 is 54.2 Å². The molecule has 0 aliphatic heterocycles. The van der Waals surface area contributed by atoms with Gasteiger partial charge >= 0.3 is 17.9 Å². The molecule has 0 saturated carbocycles. The Morgan fingerprint density at radius 1 is 0.703 bits per heavy atom. The second-order valence-electron chi connectivity index (χ2n) is 7.78. The number of guanidine groups is 1. The minimum absolute atomic E-state index is 0.0192. The van der Waals surface area contributed by atoms with Crippen LogP contribution in [0.5, 0.6) is 0 Å². The summed E-state index contributed by atoms with van der Waals surface area (Å²) in [6.07, 6.45) is -2.50. The highest BCUT2D eigenvalue weighted by molar-refractivity contribution is 5.96. The molecule has 0 radical (unpaired) electrons. The fourth-order valence-corrected chi connectivity index (χ4v) is 2.80. The predicted molar refractivity (Wildman–Crippen MR) is 124 cm³/mol. The summed E-state index contributed by atoms with van der Waals surface area (Å²) in [4.78, 5) is 85.8. The fourth-order valence-electron chi connectivity index (χ4n) is 2.80. The Bertz CT molecular complexity index is 905. The Kier molecular flexibility index (Phi) is 14.3. The van der Waals surface area contributed by atoms with E-state index in [1.165, 1.54) is 0 Å². The molecule has 4 unspecified atom stereocenters. The molecule has 14 N–H and O–H groups in total. The van der Waals surface area contributed by atoms with Gasteiger partial charge in [0.15, 0.2) is 5.96 Å². The molecular formula is C19H32N8O10. The zero-order chi connectivity index (χ0) is 28.7. The van der Waals surface area contributed by atoms with Gasteiger partial charge in [-0.1, -0.05) is 0 Å². The van der Waals surface area contributed by atoms with E-state index in [2.05, 4.69) is 15.6 Å². The SMILES string of the molecule is NC(=O)CCC(NC(=O)C(CCCN=C(N)N)NC(=O)C(CC(=O)O)NC(=O)C(N)CC(=O)O)C(=O)O. The molecular weight excluding hydrogens is 500 g/mol. The smallest absolute Gasteiger partial charge is 0.326 e. The van der Waals surface area contributed by atoms with Crippen LogP contribution in [-0.4, -0.2) is 93.5 Å². The fraction of sp³-hybridized carbons (Fsp3) is 0.579. The van der Waals surface area contributed by atoms with Crippen LogP contribution in [-0.2, 0) is 33.6 Å². The number of hydrogen-bond donors (Lipinski definition) is 10. The Labute approximate surface area is 210 Å². The highest BCUT2D eigenvalue weighted by Gasteiger charge is 2.31. The van der Waals surface area contributed by atoms with Crippen LogP contribution in [0.2, 0.25) is 0 Å². The van der Waals surface area contributed by atoms with Crippen molar-refractivity contribution in [3.05, 3.63) is 0 Å². The number of primary amides is 1. The number of aliphatic imine (C=N–C) groups is 1. The number of amides is 4. The van der Waals surface area contributed by atoms with Gasteiger partial charge in [-0.3, -0.25) is 33.8 Å². The first kappa shape index (κ1) is 32.5. The third-order valence-electron chi connectivity index (χ3n) is 4.62. The van der Waals surface area contributed by atoms with E-state index >= 15 is 0 Å². The number of hydrogen-bond acceptors (Lipinski definition) is 9. The van der Waals surface area contributed by atoms with Gasteiger partial charge in [0.2, 0.25) is 23.6 Å². The summed E-state index contributed by atoms with van der Waals surface area (Å²) in [7, 11) is 0. The summed E-state index contributed by atoms with van der Waals surface area (Å²) in [6.45, 7) is 0.0192. The van der Waals surface area contributed by atoms with E-state index in [9.17, 15) is 38.7 Å². The Morgan fingerprint density at radius 3 is 1.70 bits per heavy atom. The summed E-state index contributed by atoms with van der Waals surface area (Å²) in [5.41, 5.74) is 20.9. The van der Waals surface area contributed by atoms with Crippen LogP contribution in [0.1, 0.15) is 38.5 Å². The van der Waals surface area contributed by atoms with Crippen LogP contribution in [0.15, 0.2) is 4.99 Å².